The molecule has 0 aliphatic heterocycles. The second kappa shape index (κ2) is 9.52. The van der Waals surface area contributed by atoms with Gasteiger partial charge in [0.25, 0.3) is 0 Å². The quantitative estimate of drug-likeness (QED) is 0.608. The molecule has 0 spiro atoms. The van der Waals surface area contributed by atoms with Gasteiger partial charge in [0.1, 0.15) is 5.75 Å². The lowest BCUT2D eigenvalue weighted by atomic mass is 10.1. The van der Waals surface area contributed by atoms with Crippen molar-refractivity contribution in [2.75, 3.05) is 6.61 Å². The van der Waals surface area contributed by atoms with Crippen LogP contribution in [-0.4, -0.2) is 27.2 Å². The van der Waals surface area contributed by atoms with Crippen molar-refractivity contribution in [2.45, 2.75) is 39.5 Å². The Bertz CT molecular complexity index is 1020. The largest absolute Gasteiger partial charge is 0.493 e. The van der Waals surface area contributed by atoms with Gasteiger partial charge in [0, 0.05) is 31.2 Å². The third-order valence-corrected chi connectivity index (χ3v) is 5.55. The van der Waals surface area contributed by atoms with Gasteiger partial charge in [0.2, 0.25) is 11.8 Å². The van der Waals surface area contributed by atoms with Gasteiger partial charge in [0.15, 0.2) is 0 Å². The molecule has 6 nitrogen and oxygen atoms in total. The van der Waals surface area contributed by atoms with E-state index in [4.69, 9.17) is 4.74 Å². The average molecular weight is 413 g/mol. The third kappa shape index (κ3) is 5.12. The van der Waals surface area contributed by atoms with E-state index >= 15 is 0 Å². The Kier molecular flexibility index (Phi) is 6.82. The topological polar surface area (TPSA) is 81.4 Å². The van der Waals surface area contributed by atoms with Crippen LogP contribution in [0.1, 0.15) is 46.8 Å². The van der Waals surface area contributed by atoms with Crippen LogP contribution in [0.5, 0.6) is 11.6 Å². The summed E-state index contributed by atoms with van der Waals surface area (Å²) < 4.78 is 6.62. The predicted octanol–water partition coefficient (Wildman–Crippen LogP) is 3.84. The Morgan fingerprint density at radius 1 is 1.14 bits per heavy atom. The first-order valence-corrected chi connectivity index (χ1v) is 10.5. The van der Waals surface area contributed by atoms with E-state index in [-0.39, 0.29) is 12.3 Å². The number of benzene rings is 1. The molecular weight excluding hydrogens is 388 g/mol. The molecule has 152 valence electrons. The van der Waals surface area contributed by atoms with Gasteiger partial charge in [-0.05, 0) is 35.7 Å². The molecular formula is C22H24N2O4S. The molecule has 2 aromatic heterocycles. The minimum Gasteiger partial charge on any atom is -0.493 e. The monoisotopic (exact) mass is 412 g/mol. The summed E-state index contributed by atoms with van der Waals surface area (Å²) in [5, 5.41) is 10.2. The summed E-state index contributed by atoms with van der Waals surface area (Å²) in [4.78, 5) is 28.2. The molecule has 0 saturated carbocycles. The highest BCUT2D eigenvalue weighted by Gasteiger charge is 2.18. The zero-order chi connectivity index (χ0) is 20.8. The van der Waals surface area contributed by atoms with Crippen molar-refractivity contribution in [3.8, 4) is 11.6 Å². The molecule has 0 aliphatic carbocycles. The Hall–Kier alpha value is -2.93. The molecule has 0 atom stereocenters. The van der Waals surface area contributed by atoms with Gasteiger partial charge in [-0.3, -0.25) is 14.6 Å². The van der Waals surface area contributed by atoms with Gasteiger partial charge >= 0.3 is 4.87 Å². The minimum atomic E-state index is -0.454. The van der Waals surface area contributed by atoms with E-state index in [1.807, 2.05) is 36.5 Å². The first-order chi connectivity index (χ1) is 14.0. The normalized spacial score (nSPS) is 10.8. The zero-order valence-corrected chi connectivity index (χ0v) is 17.4. The maximum Gasteiger partial charge on any atom is 0.317 e. The van der Waals surface area contributed by atoms with Gasteiger partial charge < -0.3 is 9.84 Å². The summed E-state index contributed by atoms with van der Waals surface area (Å²) in [5.41, 5.74) is 3.13. The maximum absolute atomic E-state index is 12.0. The summed E-state index contributed by atoms with van der Waals surface area (Å²) in [5.74, 6) is 0.0846. The third-order valence-electron chi connectivity index (χ3n) is 4.62. The molecule has 0 aliphatic rings. The van der Waals surface area contributed by atoms with Crippen LogP contribution in [-0.2, 0) is 19.3 Å². The smallest absolute Gasteiger partial charge is 0.317 e. The molecule has 0 bridgehead atoms. The Morgan fingerprint density at radius 3 is 2.48 bits per heavy atom. The number of hydrogen-bond donors (Lipinski definition) is 1. The molecule has 3 aromatic rings. The molecule has 0 radical (unpaired) electrons. The van der Waals surface area contributed by atoms with Gasteiger partial charge in [-0.15, -0.1) is 0 Å². The second-order valence-corrected chi connectivity index (χ2v) is 7.67. The van der Waals surface area contributed by atoms with Gasteiger partial charge in [-0.25, -0.2) is 4.57 Å². The number of rotatable bonds is 8. The zero-order valence-electron chi connectivity index (χ0n) is 16.6. The lowest BCUT2D eigenvalue weighted by Gasteiger charge is -2.07. The van der Waals surface area contributed by atoms with Crippen molar-refractivity contribution >= 4 is 17.2 Å². The number of pyridine rings is 1. The second-order valence-electron chi connectivity index (χ2n) is 6.63. The summed E-state index contributed by atoms with van der Waals surface area (Å²) in [7, 11) is 0. The van der Waals surface area contributed by atoms with Crippen LogP contribution < -0.4 is 9.61 Å². The number of carbonyl (C=O) groups excluding carboxylic acids is 1. The number of hydrogen-bond acceptors (Lipinski definition) is 6. The number of ether oxygens (including phenoxy) is 1. The van der Waals surface area contributed by atoms with Crippen LogP contribution in [0.25, 0.3) is 0 Å². The fourth-order valence-electron chi connectivity index (χ4n) is 2.88. The van der Waals surface area contributed by atoms with Crippen LogP contribution in [0.15, 0.2) is 47.4 Å². The first kappa shape index (κ1) is 20.8. The van der Waals surface area contributed by atoms with E-state index in [9.17, 15) is 14.7 Å². The molecule has 0 amide bonds. The van der Waals surface area contributed by atoms with Crippen LogP contribution in [0.3, 0.4) is 0 Å². The highest BCUT2D eigenvalue weighted by Crippen LogP contribution is 2.24. The van der Waals surface area contributed by atoms with Crippen molar-refractivity contribution in [3.05, 3.63) is 74.0 Å². The van der Waals surface area contributed by atoms with E-state index in [1.165, 1.54) is 5.56 Å². The SMILES string of the molecule is CCC(=O)n1c(O)c(Cc2ccc(OCCc3ccc(CC)cn3)cc2)sc1=O. The van der Waals surface area contributed by atoms with Crippen molar-refractivity contribution in [1.29, 1.82) is 0 Å². The van der Waals surface area contributed by atoms with Gasteiger partial charge in [-0.2, -0.15) is 0 Å². The van der Waals surface area contributed by atoms with E-state index in [0.29, 0.717) is 17.9 Å². The molecule has 0 unspecified atom stereocenters. The fourth-order valence-corrected chi connectivity index (χ4v) is 3.79. The van der Waals surface area contributed by atoms with Crippen LogP contribution in [0.4, 0.5) is 0 Å². The van der Waals surface area contributed by atoms with E-state index in [0.717, 1.165) is 45.8 Å². The Balaban J connectivity index is 1.57. The molecule has 3 rings (SSSR count). The number of carbonyl (C=O) groups is 1. The maximum atomic E-state index is 12.0. The Morgan fingerprint density at radius 2 is 1.86 bits per heavy atom. The van der Waals surface area contributed by atoms with E-state index < -0.39 is 10.8 Å². The van der Waals surface area contributed by atoms with Crippen molar-refractivity contribution in [3.63, 3.8) is 0 Å². The van der Waals surface area contributed by atoms with Crippen LogP contribution in [0.2, 0.25) is 0 Å². The number of aromatic hydroxyl groups is 1. The number of aryl methyl sites for hydroxylation is 1. The lowest BCUT2D eigenvalue weighted by molar-refractivity contribution is 0.0896. The summed E-state index contributed by atoms with van der Waals surface area (Å²) in [6.07, 6.45) is 4.14. The summed E-state index contributed by atoms with van der Waals surface area (Å²) in [6, 6.07) is 11.6. The molecule has 2 heterocycles. The molecule has 0 saturated heterocycles. The highest BCUT2D eigenvalue weighted by atomic mass is 32.1. The van der Waals surface area contributed by atoms with E-state index in [1.54, 1.807) is 6.92 Å². The van der Waals surface area contributed by atoms with E-state index in [2.05, 4.69) is 18.0 Å². The van der Waals surface area contributed by atoms with Crippen LogP contribution >= 0.6 is 11.3 Å². The van der Waals surface area contributed by atoms with Gasteiger partial charge in [-0.1, -0.05) is 43.4 Å². The molecule has 29 heavy (non-hydrogen) atoms. The minimum absolute atomic E-state index is 0.161. The molecule has 1 N–H and O–H groups in total. The molecule has 0 fully saturated rings. The fraction of sp³-hybridized carbons (Fsp3) is 0.318. The van der Waals surface area contributed by atoms with Crippen molar-refractivity contribution < 1.29 is 14.6 Å². The van der Waals surface area contributed by atoms with Crippen LogP contribution in [0, 0.1) is 0 Å². The summed E-state index contributed by atoms with van der Waals surface area (Å²) >= 11 is 0.896. The van der Waals surface area contributed by atoms with Crippen molar-refractivity contribution in [1.82, 2.24) is 9.55 Å². The predicted molar refractivity (Wildman–Crippen MR) is 113 cm³/mol. The lowest BCUT2D eigenvalue weighted by Crippen LogP contribution is -2.20. The average Bonchev–Trinajstić information content (AvgIpc) is 3.02. The summed E-state index contributed by atoms with van der Waals surface area (Å²) in [6.45, 7) is 4.29. The molecule has 1 aromatic carbocycles. The van der Waals surface area contributed by atoms with Crippen molar-refractivity contribution in [2.24, 2.45) is 0 Å². The molecule has 7 heteroatoms. The number of aromatic nitrogens is 2. The highest BCUT2D eigenvalue weighted by molar-refractivity contribution is 7.09. The first-order valence-electron chi connectivity index (χ1n) is 9.64. The number of thiazole rings is 1. The Labute approximate surface area is 173 Å². The van der Waals surface area contributed by atoms with Gasteiger partial charge in [0.05, 0.1) is 11.5 Å². The number of nitrogens with zero attached hydrogens (tertiary/aromatic N) is 2. The standard InChI is InChI=1S/C22H24N2O4S/c1-3-15-5-8-17(23-14-15)11-12-28-18-9-6-16(7-10-18)13-19-21(26)24(20(25)4-2)22(27)29-19/h5-10,14,26H,3-4,11-13H2,1-2H3.